The van der Waals surface area contributed by atoms with Crippen molar-refractivity contribution in [3.05, 3.63) is 33.3 Å². The molecule has 0 saturated heterocycles. The average molecular weight is 272 g/mol. The number of benzene rings is 1. The molecule has 0 aliphatic carbocycles. The second-order valence-electron chi connectivity index (χ2n) is 3.84. The van der Waals surface area contributed by atoms with Gasteiger partial charge in [0, 0.05) is 24.2 Å². The third-order valence-corrected chi connectivity index (χ3v) is 2.72. The second-order valence-corrected chi connectivity index (χ2v) is 4.25. The number of hydrogen-bond donors (Lipinski definition) is 2. The summed E-state index contributed by atoms with van der Waals surface area (Å²) in [6.45, 7) is 1.88. The topological polar surface area (TPSA) is 98.3 Å². The highest BCUT2D eigenvalue weighted by Crippen LogP contribution is 2.27. The molecule has 0 heterocycles. The molecule has 0 fully saturated rings. The van der Waals surface area contributed by atoms with Gasteiger partial charge in [-0.3, -0.25) is 14.9 Å². The average Bonchev–Trinajstić information content (AvgIpc) is 2.31. The molecule has 0 bridgehead atoms. The summed E-state index contributed by atoms with van der Waals surface area (Å²) in [5.74, 6) is -0.277. The molecular weight excluding hydrogens is 258 g/mol. The normalized spacial score (nSPS) is 11.9. The SMILES string of the molecule is CCC(N)CC(=O)Nc1ccc(Cl)c([N+](=O)[O-])c1. The fraction of sp³-hybridized carbons (Fsp3) is 0.364. The molecule has 0 radical (unpaired) electrons. The number of nitro groups is 1. The summed E-state index contributed by atoms with van der Waals surface area (Å²) >= 11 is 5.66. The first kappa shape index (κ1) is 14.4. The molecule has 0 aliphatic rings. The molecule has 6 nitrogen and oxygen atoms in total. The van der Waals surface area contributed by atoms with Crippen molar-refractivity contribution < 1.29 is 9.72 Å². The summed E-state index contributed by atoms with van der Waals surface area (Å²) in [6.07, 6.45) is 0.862. The second kappa shape index (κ2) is 6.32. The fourth-order valence-electron chi connectivity index (χ4n) is 1.32. The Hall–Kier alpha value is -1.66. The van der Waals surface area contributed by atoms with Gasteiger partial charge in [0.2, 0.25) is 5.91 Å². The van der Waals surface area contributed by atoms with Gasteiger partial charge in [0.1, 0.15) is 5.02 Å². The zero-order valence-electron chi connectivity index (χ0n) is 9.85. The number of nitro benzene ring substituents is 1. The van der Waals surface area contributed by atoms with Gasteiger partial charge in [0.15, 0.2) is 0 Å². The third kappa shape index (κ3) is 3.97. The highest BCUT2D eigenvalue weighted by atomic mass is 35.5. The van der Waals surface area contributed by atoms with Crippen molar-refractivity contribution in [1.82, 2.24) is 0 Å². The molecule has 1 amide bonds. The van der Waals surface area contributed by atoms with Crippen LogP contribution in [0.25, 0.3) is 0 Å². The quantitative estimate of drug-likeness (QED) is 0.634. The molecule has 0 aromatic heterocycles. The van der Waals surface area contributed by atoms with E-state index < -0.39 is 4.92 Å². The molecular formula is C11H14ClN3O3. The van der Waals surface area contributed by atoms with E-state index in [0.717, 1.165) is 0 Å². The van der Waals surface area contributed by atoms with Crippen LogP contribution in [-0.4, -0.2) is 16.9 Å². The Balaban J connectivity index is 2.76. The van der Waals surface area contributed by atoms with E-state index in [1.165, 1.54) is 18.2 Å². The number of nitrogens with zero attached hydrogens (tertiary/aromatic N) is 1. The number of rotatable bonds is 5. The molecule has 1 aromatic rings. The summed E-state index contributed by atoms with van der Waals surface area (Å²) < 4.78 is 0. The minimum Gasteiger partial charge on any atom is -0.327 e. The zero-order chi connectivity index (χ0) is 13.7. The minimum absolute atomic E-state index is 0.0308. The van der Waals surface area contributed by atoms with Gasteiger partial charge in [-0.1, -0.05) is 18.5 Å². The van der Waals surface area contributed by atoms with E-state index in [-0.39, 0.29) is 29.1 Å². The van der Waals surface area contributed by atoms with E-state index in [1.54, 1.807) is 0 Å². The van der Waals surface area contributed by atoms with Gasteiger partial charge >= 0.3 is 0 Å². The predicted molar refractivity (Wildman–Crippen MR) is 69.6 cm³/mol. The standard InChI is InChI=1S/C11H14ClN3O3/c1-2-7(13)5-11(16)14-8-3-4-9(12)10(6-8)15(17)18/h3-4,6-7H,2,5,13H2,1H3,(H,14,16). The number of amides is 1. The van der Waals surface area contributed by atoms with Crippen LogP contribution in [0.5, 0.6) is 0 Å². The summed E-state index contributed by atoms with van der Waals surface area (Å²) in [5, 5.41) is 13.3. The summed E-state index contributed by atoms with van der Waals surface area (Å²) in [6, 6.07) is 3.88. The highest BCUT2D eigenvalue weighted by molar-refractivity contribution is 6.32. The molecule has 0 spiro atoms. The van der Waals surface area contributed by atoms with E-state index in [9.17, 15) is 14.9 Å². The molecule has 0 saturated carbocycles. The van der Waals surface area contributed by atoms with Crippen LogP contribution in [0.4, 0.5) is 11.4 Å². The van der Waals surface area contributed by atoms with Gasteiger partial charge < -0.3 is 11.1 Å². The number of hydrogen-bond acceptors (Lipinski definition) is 4. The van der Waals surface area contributed by atoms with E-state index in [1.807, 2.05) is 6.92 Å². The summed E-state index contributed by atoms with van der Waals surface area (Å²) in [4.78, 5) is 21.6. The Bertz CT molecular complexity index is 465. The monoisotopic (exact) mass is 271 g/mol. The first-order chi connectivity index (χ1) is 8.43. The van der Waals surface area contributed by atoms with Gasteiger partial charge in [-0.25, -0.2) is 0 Å². The van der Waals surface area contributed by atoms with Crippen LogP contribution in [0.2, 0.25) is 5.02 Å². The van der Waals surface area contributed by atoms with E-state index in [2.05, 4.69) is 5.32 Å². The van der Waals surface area contributed by atoms with Gasteiger partial charge in [-0.2, -0.15) is 0 Å². The molecule has 1 unspecified atom stereocenters. The molecule has 1 atom stereocenters. The molecule has 1 rings (SSSR count). The van der Waals surface area contributed by atoms with Crippen LogP contribution < -0.4 is 11.1 Å². The van der Waals surface area contributed by atoms with Crippen LogP contribution in [0.1, 0.15) is 19.8 Å². The molecule has 18 heavy (non-hydrogen) atoms. The maximum atomic E-state index is 11.6. The van der Waals surface area contributed by atoms with Gasteiger partial charge in [0.25, 0.3) is 5.69 Å². The largest absolute Gasteiger partial charge is 0.327 e. The lowest BCUT2D eigenvalue weighted by molar-refractivity contribution is -0.384. The van der Waals surface area contributed by atoms with Crippen molar-refractivity contribution in [1.29, 1.82) is 0 Å². The Morgan fingerprint density at radius 2 is 2.28 bits per heavy atom. The first-order valence-corrected chi connectivity index (χ1v) is 5.81. The number of carbonyl (C=O) groups is 1. The third-order valence-electron chi connectivity index (χ3n) is 2.40. The minimum atomic E-state index is -0.601. The molecule has 0 aliphatic heterocycles. The summed E-state index contributed by atoms with van der Waals surface area (Å²) in [5.41, 5.74) is 5.73. The predicted octanol–water partition coefficient (Wildman–Crippen LogP) is 2.31. The van der Waals surface area contributed by atoms with Crippen molar-refractivity contribution in [2.24, 2.45) is 5.73 Å². The Morgan fingerprint density at radius 1 is 1.61 bits per heavy atom. The molecule has 1 aromatic carbocycles. The van der Waals surface area contributed by atoms with Crippen LogP contribution in [0, 0.1) is 10.1 Å². The van der Waals surface area contributed by atoms with Crippen molar-refractivity contribution in [2.75, 3.05) is 5.32 Å². The van der Waals surface area contributed by atoms with Crippen molar-refractivity contribution in [2.45, 2.75) is 25.8 Å². The smallest absolute Gasteiger partial charge is 0.289 e. The van der Waals surface area contributed by atoms with Gasteiger partial charge in [-0.15, -0.1) is 0 Å². The van der Waals surface area contributed by atoms with Crippen LogP contribution in [0.15, 0.2) is 18.2 Å². The molecule has 7 heteroatoms. The lowest BCUT2D eigenvalue weighted by Gasteiger charge is -2.09. The fourth-order valence-corrected chi connectivity index (χ4v) is 1.51. The molecule has 98 valence electrons. The highest BCUT2D eigenvalue weighted by Gasteiger charge is 2.14. The first-order valence-electron chi connectivity index (χ1n) is 5.43. The maximum absolute atomic E-state index is 11.6. The number of halogens is 1. The van der Waals surface area contributed by atoms with E-state index in [0.29, 0.717) is 12.1 Å². The van der Waals surface area contributed by atoms with Crippen molar-refractivity contribution >= 4 is 28.9 Å². The van der Waals surface area contributed by atoms with E-state index >= 15 is 0 Å². The van der Waals surface area contributed by atoms with Crippen LogP contribution >= 0.6 is 11.6 Å². The van der Waals surface area contributed by atoms with Gasteiger partial charge in [-0.05, 0) is 18.6 Å². The molecule has 3 N–H and O–H groups in total. The Morgan fingerprint density at radius 3 is 2.83 bits per heavy atom. The van der Waals surface area contributed by atoms with Crippen molar-refractivity contribution in [3.63, 3.8) is 0 Å². The van der Waals surface area contributed by atoms with Crippen molar-refractivity contribution in [3.8, 4) is 0 Å². The Labute approximate surface area is 109 Å². The lowest BCUT2D eigenvalue weighted by Crippen LogP contribution is -2.26. The number of anilines is 1. The zero-order valence-corrected chi connectivity index (χ0v) is 10.6. The van der Waals surface area contributed by atoms with E-state index in [4.69, 9.17) is 17.3 Å². The Kier molecular flexibility index (Phi) is 5.06. The number of nitrogens with one attached hydrogen (secondary N) is 1. The summed E-state index contributed by atoms with van der Waals surface area (Å²) in [7, 11) is 0. The maximum Gasteiger partial charge on any atom is 0.289 e. The van der Waals surface area contributed by atoms with Crippen LogP contribution in [-0.2, 0) is 4.79 Å². The van der Waals surface area contributed by atoms with Crippen LogP contribution in [0.3, 0.4) is 0 Å². The van der Waals surface area contributed by atoms with Gasteiger partial charge in [0.05, 0.1) is 4.92 Å². The lowest BCUT2D eigenvalue weighted by atomic mass is 10.1. The number of nitrogens with two attached hydrogens (primary N) is 1. The number of carbonyl (C=O) groups excluding carboxylic acids is 1.